The summed E-state index contributed by atoms with van der Waals surface area (Å²) in [5.74, 6) is -1.02. The van der Waals surface area contributed by atoms with Crippen molar-refractivity contribution in [2.75, 3.05) is 11.4 Å². The van der Waals surface area contributed by atoms with Gasteiger partial charge in [0.2, 0.25) is 0 Å². The first-order valence-corrected chi connectivity index (χ1v) is 10.3. The number of rotatable bonds is 5. The zero-order valence-electron chi connectivity index (χ0n) is 17.2. The molecule has 0 spiro atoms. The molecule has 2 heterocycles. The Labute approximate surface area is 179 Å². The second-order valence-electron chi connectivity index (χ2n) is 7.47. The van der Waals surface area contributed by atoms with E-state index < -0.39 is 12.1 Å². The van der Waals surface area contributed by atoms with E-state index in [1.165, 1.54) is 16.8 Å². The maximum atomic E-state index is 13.0. The summed E-state index contributed by atoms with van der Waals surface area (Å²) in [4.78, 5) is 39.4. The van der Waals surface area contributed by atoms with Crippen molar-refractivity contribution in [3.63, 3.8) is 0 Å². The molecule has 7 nitrogen and oxygen atoms in total. The van der Waals surface area contributed by atoms with E-state index in [2.05, 4.69) is 5.10 Å². The molecule has 1 aliphatic rings. The number of ether oxygens (including phenoxy) is 1. The summed E-state index contributed by atoms with van der Waals surface area (Å²) in [7, 11) is 0. The summed E-state index contributed by atoms with van der Waals surface area (Å²) in [6.07, 6.45) is 0.797. The maximum absolute atomic E-state index is 13.0. The maximum Gasteiger partial charge on any atom is 0.359 e. The van der Waals surface area contributed by atoms with Gasteiger partial charge in [-0.25, -0.2) is 9.48 Å². The van der Waals surface area contributed by atoms with Gasteiger partial charge in [0.05, 0.1) is 6.54 Å². The van der Waals surface area contributed by atoms with Gasteiger partial charge >= 0.3 is 5.97 Å². The van der Waals surface area contributed by atoms with Crippen LogP contribution in [-0.4, -0.2) is 34.3 Å². The number of fused-ring (bicyclic) bond motifs is 1. The lowest BCUT2D eigenvalue weighted by molar-refractivity contribution is -0.126. The van der Waals surface area contributed by atoms with Crippen molar-refractivity contribution in [1.82, 2.24) is 9.78 Å². The Morgan fingerprint density at radius 3 is 2.58 bits per heavy atom. The first-order valence-electron chi connectivity index (χ1n) is 10.3. The number of esters is 1. The molecule has 0 radical (unpaired) electrons. The first-order chi connectivity index (χ1) is 15.0. The van der Waals surface area contributed by atoms with Gasteiger partial charge in [-0.1, -0.05) is 48.5 Å². The highest BCUT2D eigenvalue weighted by atomic mass is 16.5. The van der Waals surface area contributed by atoms with Crippen LogP contribution in [-0.2, 0) is 22.5 Å². The van der Waals surface area contributed by atoms with Crippen LogP contribution in [0.5, 0.6) is 0 Å². The number of carbonyl (C=O) groups excluding carboxylic acids is 2. The Morgan fingerprint density at radius 2 is 1.77 bits per heavy atom. The standard InChI is InChI=1S/C24H23N3O4/c1-17(23(29)26-15-7-11-19-10-5-6-12-21(19)26)31-24(30)20-13-14-22(28)27(25-20)16-18-8-3-2-4-9-18/h2-6,8-10,12-14,17H,7,11,15-16H2,1H3. The van der Waals surface area contributed by atoms with Gasteiger partial charge in [0.15, 0.2) is 11.8 Å². The molecule has 0 fully saturated rings. The molecule has 31 heavy (non-hydrogen) atoms. The third-order valence-corrected chi connectivity index (χ3v) is 5.26. The predicted octanol–water partition coefficient (Wildman–Crippen LogP) is 2.82. The topological polar surface area (TPSA) is 81.5 Å². The molecule has 1 atom stereocenters. The minimum atomic E-state index is -0.977. The molecule has 2 aromatic carbocycles. The molecule has 4 rings (SSSR count). The van der Waals surface area contributed by atoms with Crippen molar-refractivity contribution in [2.24, 2.45) is 0 Å². The Kier molecular flexibility index (Phi) is 5.93. The number of carbonyl (C=O) groups is 2. The summed E-state index contributed by atoms with van der Waals surface area (Å²) in [6, 6.07) is 19.7. The molecular weight excluding hydrogens is 394 g/mol. The highest BCUT2D eigenvalue weighted by molar-refractivity contribution is 5.99. The minimum absolute atomic E-state index is 0.0192. The second-order valence-corrected chi connectivity index (χ2v) is 7.47. The van der Waals surface area contributed by atoms with Crippen molar-refractivity contribution >= 4 is 17.6 Å². The molecule has 0 saturated heterocycles. The molecule has 1 aliphatic heterocycles. The molecule has 3 aromatic rings. The molecule has 0 bridgehead atoms. The van der Waals surface area contributed by atoms with E-state index in [1.54, 1.807) is 11.8 Å². The van der Waals surface area contributed by atoms with Crippen molar-refractivity contribution < 1.29 is 14.3 Å². The summed E-state index contributed by atoms with van der Waals surface area (Å²) in [6.45, 7) is 2.37. The van der Waals surface area contributed by atoms with Gasteiger partial charge in [0.25, 0.3) is 11.5 Å². The molecular formula is C24H23N3O4. The van der Waals surface area contributed by atoms with Crippen LogP contribution in [0.15, 0.2) is 71.5 Å². The number of hydrogen-bond acceptors (Lipinski definition) is 5. The van der Waals surface area contributed by atoms with E-state index in [1.807, 2.05) is 54.6 Å². The summed E-state index contributed by atoms with van der Waals surface area (Å²) in [5.41, 5.74) is 2.50. The monoisotopic (exact) mass is 417 g/mol. The summed E-state index contributed by atoms with van der Waals surface area (Å²) < 4.78 is 6.61. The van der Waals surface area contributed by atoms with Crippen LogP contribution in [0.2, 0.25) is 0 Å². The Bertz CT molecular complexity index is 1160. The lowest BCUT2D eigenvalue weighted by Gasteiger charge is -2.31. The normalized spacial score (nSPS) is 13.9. The lowest BCUT2D eigenvalue weighted by Crippen LogP contribution is -2.43. The highest BCUT2D eigenvalue weighted by Crippen LogP contribution is 2.27. The smallest absolute Gasteiger partial charge is 0.359 e. The average molecular weight is 417 g/mol. The van der Waals surface area contributed by atoms with Crippen molar-refractivity contribution in [3.05, 3.63) is 93.9 Å². The molecule has 1 amide bonds. The fourth-order valence-electron chi connectivity index (χ4n) is 3.68. The van der Waals surface area contributed by atoms with Gasteiger partial charge in [-0.05, 0) is 43.0 Å². The van der Waals surface area contributed by atoms with E-state index in [0.29, 0.717) is 6.54 Å². The number of anilines is 1. The zero-order chi connectivity index (χ0) is 21.8. The van der Waals surface area contributed by atoms with Crippen LogP contribution in [0.3, 0.4) is 0 Å². The highest BCUT2D eigenvalue weighted by Gasteiger charge is 2.29. The molecule has 0 aliphatic carbocycles. The predicted molar refractivity (Wildman–Crippen MR) is 116 cm³/mol. The summed E-state index contributed by atoms with van der Waals surface area (Å²) >= 11 is 0. The van der Waals surface area contributed by atoms with Crippen LogP contribution in [0.25, 0.3) is 0 Å². The van der Waals surface area contributed by atoms with Crippen LogP contribution in [0.1, 0.15) is 35.0 Å². The number of benzene rings is 2. The quantitative estimate of drug-likeness (QED) is 0.597. The molecule has 7 heteroatoms. The van der Waals surface area contributed by atoms with Crippen LogP contribution >= 0.6 is 0 Å². The number of hydrogen-bond donors (Lipinski definition) is 0. The van der Waals surface area contributed by atoms with E-state index in [9.17, 15) is 14.4 Å². The Balaban J connectivity index is 1.48. The van der Waals surface area contributed by atoms with E-state index in [0.717, 1.165) is 29.7 Å². The summed E-state index contributed by atoms with van der Waals surface area (Å²) in [5, 5.41) is 4.13. The third-order valence-electron chi connectivity index (χ3n) is 5.26. The van der Waals surface area contributed by atoms with Gasteiger partial charge in [0, 0.05) is 18.3 Å². The van der Waals surface area contributed by atoms with Gasteiger partial charge < -0.3 is 9.64 Å². The van der Waals surface area contributed by atoms with E-state index in [4.69, 9.17) is 4.74 Å². The number of nitrogens with zero attached hydrogens (tertiary/aromatic N) is 3. The zero-order valence-corrected chi connectivity index (χ0v) is 17.2. The fourth-order valence-corrected chi connectivity index (χ4v) is 3.68. The largest absolute Gasteiger partial charge is 0.448 e. The molecule has 1 aromatic heterocycles. The van der Waals surface area contributed by atoms with E-state index in [-0.39, 0.29) is 23.7 Å². The second kappa shape index (κ2) is 8.95. The molecule has 1 unspecified atom stereocenters. The Hall–Kier alpha value is -3.74. The number of amides is 1. The van der Waals surface area contributed by atoms with E-state index >= 15 is 0 Å². The lowest BCUT2D eigenvalue weighted by atomic mass is 10.0. The Morgan fingerprint density at radius 1 is 1.03 bits per heavy atom. The average Bonchev–Trinajstić information content (AvgIpc) is 2.80. The molecule has 0 N–H and O–H groups in total. The van der Waals surface area contributed by atoms with Crippen molar-refractivity contribution in [1.29, 1.82) is 0 Å². The van der Waals surface area contributed by atoms with Crippen molar-refractivity contribution in [2.45, 2.75) is 32.4 Å². The van der Waals surface area contributed by atoms with Gasteiger partial charge in [-0.15, -0.1) is 0 Å². The number of aromatic nitrogens is 2. The third kappa shape index (κ3) is 4.55. The van der Waals surface area contributed by atoms with Crippen LogP contribution in [0, 0.1) is 0 Å². The van der Waals surface area contributed by atoms with Gasteiger partial charge in [-0.2, -0.15) is 5.10 Å². The van der Waals surface area contributed by atoms with Crippen LogP contribution < -0.4 is 10.5 Å². The van der Waals surface area contributed by atoms with Gasteiger partial charge in [0.1, 0.15) is 0 Å². The first kappa shape index (κ1) is 20.5. The van der Waals surface area contributed by atoms with Gasteiger partial charge in [-0.3, -0.25) is 9.59 Å². The fraction of sp³-hybridized carbons (Fsp3) is 0.250. The molecule has 158 valence electrons. The van der Waals surface area contributed by atoms with Crippen molar-refractivity contribution in [3.8, 4) is 0 Å². The molecule has 0 saturated carbocycles. The number of aryl methyl sites for hydroxylation is 1. The number of para-hydroxylation sites is 1. The minimum Gasteiger partial charge on any atom is -0.448 e. The SMILES string of the molecule is CC(OC(=O)c1ccc(=O)n(Cc2ccccc2)n1)C(=O)N1CCCc2ccccc21. The van der Waals surface area contributed by atoms with Crippen LogP contribution in [0.4, 0.5) is 5.69 Å².